The Morgan fingerprint density at radius 1 is 1.15 bits per heavy atom. The summed E-state index contributed by atoms with van der Waals surface area (Å²) >= 11 is 0. The average Bonchev–Trinajstić information content (AvgIpc) is 1.63. The van der Waals surface area contributed by atoms with Crippen LogP contribution in [0.4, 0.5) is 8.78 Å². The summed E-state index contributed by atoms with van der Waals surface area (Å²) in [5.74, 6) is -2.07. The van der Waals surface area contributed by atoms with Gasteiger partial charge in [0.05, 0.1) is 0 Å². The Kier molecular flexibility index (Phi) is 42.2. The molecule has 0 amide bonds. The van der Waals surface area contributed by atoms with Crippen LogP contribution in [-0.2, 0) is 4.79 Å². The molecule has 0 rings (SSSR count). The Balaban J connectivity index is -0.0000000279. The van der Waals surface area contributed by atoms with E-state index in [0.717, 1.165) is 0 Å². The number of rotatable bonds is 1. The normalized spacial score (nSPS) is 6.31. The molecule has 0 aromatic rings. The van der Waals surface area contributed by atoms with Crippen LogP contribution in [0.1, 0.15) is 0 Å². The van der Waals surface area contributed by atoms with Crippen molar-refractivity contribution in [3.05, 3.63) is 0 Å². The van der Waals surface area contributed by atoms with Gasteiger partial charge in [-0.15, -0.1) is 0 Å². The maximum absolute atomic E-state index is 10.6. The van der Waals surface area contributed by atoms with E-state index in [0.29, 0.717) is 0 Å². The molecule has 0 aromatic heterocycles. The molecule has 0 heterocycles. The molecule has 13 heavy (non-hydrogen) atoms. The van der Waals surface area contributed by atoms with Crippen LogP contribution >= 0.6 is 0 Å². The molecule has 0 aliphatic heterocycles. The molecule has 1 N–H and O–H groups in total. The minimum absolute atomic E-state index is 0. The van der Waals surface area contributed by atoms with Gasteiger partial charge in [0.1, 0.15) is 0 Å². The second-order valence-corrected chi connectivity index (χ2v) is 0.928. The molecule has 0 radical (unpaired) electrons. The molecule has 0 aliphatic carbocycles. The van der Waals surface area contributed by atoms with E-state index in [1.807, 2.05) is 0 Å². The van der Waals surface area contributed by atoms with Crippen molar-refractivity contribution in [1.82, 2.24) is 0 Å². The van der Waals surface area contributed by atoms with Crippen molar-refractivity contribution in [1.29, 1.82) is 0 Å². The number of hydrogen-bond donors (Lipinski definition) is 1. The molecule has 0 fully saturated rings. The standard InChI is InChI=1S/C2H2F2O2.BO3.3Li/c3-1(4)2(5)6;2-1(3)4;;;/h1H,(H,5,6);;;;/q;-3;3*+1. The Bertz CT molecular complexity index is 103. The van der Waals surface area contributed by atoms with Crippen molar-refractivity contribution in [2.45, 2.75) is 6.43 Å². The molecular formula is C2H2BF2Li3O5. The maximum Gasteiger partial charge on any atom is 1.00 e. The minimum Gasteiger partial charge on any atom is -0.907 e. The first-order chi connectivity index (χ1) is 4.37. The number of halogens is 2. The van der Waals surface area contributed by atoms with Crippen LogP contribution in [0.25, 0.3) is 0 Å². The summed E-state index contributed by atoms with van der Waals surface area (Å²) in [6.45, 7) is 0. The number of carbonyl (C=O) groups is 1. The summed E-state index contributed by atoms with van der Waals surface area (Å²) in [5, 5.41) is 32.5. The third kappa shape index (κ3) is 62.3. The molecule has 0 spiro atoms. The monoisotopic (exact) mass is 176 g/mol. The van der Waals surface area contributed by atoms with Crippen molar-refractivity contribution < 1.29 is 90.3 Å². The summed E-state index contributed by atoms with van der Waals surface area (Å²) in [6, 6.07) is 0. The fourth-order valence-electron chi connectivity index (χ4n) is 0. The van der Waals surface area contributed by atoms with Crippen molar-refractivity contribution in [2.75, 3.05) is 0 Å². The second-order valence-electron chi connectivity index (χ2n) is 0.928. The van der Waals surface area contributed by atoms with Crippen LogP contribution in [0.3, 0.4) is 0 Å². The maximum atomic E-state index is 10.6. The van der Waals surface area contributed by atoms with Gasteiger partial charge < -0.3 is 20.2 Å². The van der Waals surface area contributed by atoms with E-state index in [4.69, 9.17) is 25.0 Å². The number of alkyl halides is 2. The predicted molar refractivity (Wildman–Crippen MR) is 19.4 cm³/mol. The zero-order valence-corrected chi connectivity index (χ0v) is 7.49. The number of hydrogen-bond acceptors (Lipinski definition) is 4. The first kappa shape index (κ1) is 29.2. The molecule has 0 saturated heterocycles. The van der Waals surface area contributed by atoms with Crippen LogP contribution in [0.15, 0.2) is 0 Å². The molecule has 5 nitrogen and oxygen atoms in total. The zero-order chi connectivity index (χ0) is 8.73. The first-order valence-electron chi connectivity index (χ1n) is 1.86. The van der Waals surface area contributed by atoms with Gasteiger partial charge in [-0.2, -0.15) is 8.78 Å². The van der Waals surface area contributed by atoms with Crippen molar-refractivity contribution >= 4 is 13.3 Å². The van der Waals surface area contributed by atoms with Crippen LogP contribution < -0.4 is 71.7 Å². The summed E-state index contributed by atoms with van der Waals surface area (Å²) in [6.07, 6.45) is -3.23. The van der Waals surface area contributed by atoms with E-state index in [1.54, 1.807) is 0 Å². The van der Waals surface area contributed by atoms with Gasteiger partial charge >= 0.3 is 69.0 Å². The summed E-state index contributed by atoms with van der Waals surface area (Å²) in [4.78, 5) is 8.95. The van der Waals surface area contributed by atoms with Gasteiger partial charge in [-0.05, 0) is 0 Å². The Hall–Kier alpha value is 1.07. The van der Waals surface area contributed by atoms with Crippen LogP contribution in [0.5, 0.6) is 0 Å². The number of carboxylic acid groups (broad SMARTS) is 1. The van der Waals surface area contributed by atoms with E-state index in [9.17, 15) is 8.78 Å². The molecule has 0 bridgehead atoms. The van der Waals surface area contributed by atoms with Gasteiger partial charge in [-0.1, -0.05) is 0 Å². The van der Waals surface area contributed by atoms with Gasteiger partial charge in [0.2, 0.25) is 0 Å². The second kappa shape index (κ2) is 18.8. The SMILES string of the molecule is O=C(O)C(F)F.[Li+].[Li+].[Li+].[O-]B([O-])[O-]. The summed E-state index contributed by atoms with van der Waals surface area (Å²) in [5.41, 5.74) is 0. The van der Waals surface area contributed by atoms with Gasteiger partial charge in [0.15, 0.2) is 0 Å². The van der Waals surface area contributed by atoms with Crippen molar-refractivity contribution in [2.24, 2.45) is 0 Å². The summed E-state index contributed by atoms with van der Waals surface area (Å²) in [7, 11) is -2.92. The third-order valence-corrected chi connectivity index (χ3v) is 0.187. The molecule has 60 valence electrons. The largest absolute Gasteiger partial charge is 1.00 e. The predicted octanol–water partition coefficient (Wildman–Crippen LogP) is -12.6. The smallest absolute Gasteiger partial charge is 0.907 e. The molecule has 0 atom stereocenters. The Labute approximate surface area is 110 Å². The van der Waals surface area contributed by atoms with E-state index < -0.39 is 19.7 Å². The van der Waals surface area contributed by atoms with Crippen molar-refractivity contribution in [3.8, 4) is 0 Å². The van der Waals surface area contributed by atoms with E-state index in [1.165, 1.54) is 0 Å². The van der Waals surface area contributed by atoms with Crippen molar-refractivity contribution in [3.63, 3.8) is 0 Å². The topological polar surface area (TPSA) is 106 Å². The van der Waals surface area contributed by atoms with Gasteiger partial charge in [0, 0.05) is 0 Å². The van der Waals surface area contributed by atoms with Crippen LogP contribution in [-0.4, -0.2) is 24.8 Å². The molecular weight excluding hydrogens is 174 g/mol. The summed E-state index contributed by atoms with van der Waals surface area (Å²) < 4.78 is 21.1. The molecule has 0 unspecified atom stereocenters. The molecule has 0 aliphatic rings. The van der Waals surface area contributed by atoms with Crippen LogP contribution in [0, 0.1) is 0 Å². The minimum atomic E-state index is -3.23. The first-order valence-corrected chi connectivity index (χ1v) is 1.86. The third-order valence-electron chi connectivity index (χ3n) is 0.187. The average molecular weight is 176 g/mol. The van der Waals surface area contributed by atoms with Crippen LogP contribution in [0.2, 0.25) is 0 Å². The molecule has 0 saturated carbocycles. The molecule has 11 heteroatoms. The quantitative estimate of drug-likeness (QED) is 0.399. The van der Waals surface area contributed by atoms with Gasteiger partial charge in [0.25, 0.3) is 0 Å². The van der Waals surface area contributed by atoms with Gasteiger partial charge in [-0.3, -0.25) is 7.32 Å². The molecule has 0 aromatic carbocycles. The van der Waals surface area contributed by atoms with E-state index in [2.05, 4.69) is 0 Å². The fourth-order valence-corrected chi connectivity index (χ4v) is 0. The fraction of sp³-hybridized carbons (Fsp3) is 0.500. The van der Waals surface area contributed by atoms with E-state index in [-0.39, 0.29) is 56.6 Å². The Morgan fingerprint density at radius 2 is 1.23 bits per heavy atom. The van der Waals surface area contributed by atoms with Gasteiger partial charge in [-0.25, -0.2) is 4.79 Å². The van der Waals surface area contributed by atoms with E-state index >= 15 is 0 Å². The number of aliphatic carboxylic acids is 1. The zero-order valence-electron chi connectivity index (χ0n) is 7.49. The Morgan fingerprint density at radius 3 is 1.23 bits per heavy atom. The number of carboxylic acids is 1.